The number of carboxylic acid groups (broad SMARTS) is 1. The largest absolute Gasteiger partial charge is 0.497 e. The first-order chi connectivity index (χ1) is 18.5. The van der Waals surface area contributed by atoms with Gasteiger partial charge in [0.2, 0.25) is 0 Å². The number of alkyl halides is 4. The maximum Gasteiger partial charge on any atom is 0.417 e. The first-order valence-electron chi connectivity index (χ1n) is 12.5. The number of methoxy groups -OCH3 is 1. The molecule has 0 aliphatic carbocycles. The van der Waals surface area contributed by atoms with Crippen LogP contribution in [0.4, 0.5) is 17.6 Å². The third kappa shape index (κ3) is 6.78. The Morgan fingerprint density at radius 3 is 2.62 bits per heavy atom. The lowest BCUT2D eigenvalue weighted by Crippen LogP contribution is -2.45. The van der Waals surface area contributed by atoms with Crippen molar-refractivity contribution in [2.45, 2.75) is 42.9 Å². The molecule has 1 atom stereocenters. The quantitative estimate of drug-likeness (QED) is 0.195. The summed E-state index contributed by atoms with van der Waals surface area (Å²) in [5.74, 6) is 0.0150. The molecule has 1 unspecified atom stereocenters. The van der Waals surface area contributed by atoms with Crippen molar-refractivity contribution < 1.29 is 32.2 Å². The molecule has 210 valence electrons. The summed E-state index contributed by atoms with van der Waals surface area (Å²) in [5, 5.41) is 10.8. The van der Waals surface area contributed by atoms with Crippen LogP contribution < -0.4 is 4.74 Å². The molecule has 1 N–H and O–H groups in total. The van der Waals surface area contributed by atoms with Crippen LogP contribution in [0.1, 0.15) is 43.0 Å². The van der Waals surface area contributed by atoms with Crippen LogP contribution in [0.3, 0.4) is 0 Å². The zero-order chi connectivity index (χ0) is 28.2. The molecule has 1 fully saturated rings. The second-order valence-corrected chi connectivity index (χ2v) is 11.2. The summed E-state index contributed by atoms with van der Waals surface area (Å²) in [6.07, 6.45) is -3.73. The van der Waals surface area contributed by atoms with Crippen LogP contribution in [0.25, 0.3) is 10.9 Å². The van der Waals surface area contributed by atoms with Crippen molar-refractivity contribution in [3.05, 3.63) is 64.8 Å². The first kappa shape index (κ1) is 29.4. The minimum Gasteiger partial charge on any atom is -0.497 e. The predicted molar refractivity (Wildman–Crippen MR) is 144 cm³/mol. The molecule has 1 aliphatic rings. The molecule has 1 saturated heterocycles. The van der Waals surface area contributed by atoms with E-state index in [0.717, 1.165) is 17.8 Å². The molecule has 2 heterocycles. The summed E-state index contributed by atoms with van der Waals surface area (Å²) in [6, 6.07) is 10.6. The highest BCUT2D eigenvalue weighted by atomic mass is 35.5. The zero-order valence-electron chi connectivity index (χ0n) is 21.3. The van der Waals surface area contributed by atoms with E-state index in [1.807, 2.05) is 0 Å². The number of hydrogen-bond acceptors (Lipinski definition) is 5. The number of nitrogens with zero attached hydrogens (tertiary/aromatic N) is 2. The Hall–Kier alpha value is -2.56. The standard InChI is InChI=1S/C28H29ClF4N2O3S/c1-38-18-6-7-23-19(16-18)25(21(29)17-34-23)22(30)8-9-27(26(36)37)10-12-35(13-11-27)14-15-39-24-5-3-2-4-20(24)28(31,32)33/h2-7,16-17,22H,8-15H2,1H3,(H,36,37). The fraction of sp³-hybridized carbons (Fsp3) is 0.429. The number of aromatic nitrogens is 1. The summed E-state index contributed by atoms with van der Waals surface area (Å²) >= 11 is 7.46. The van der Waals surface area contributed by atoms with Crippen LogP contribution in [0.2, 0.25) is 5.02 Å². The fourth-order valence-electron chi connectivity index (χ4n) is 5.05. The van der Waals surface area contributed by atoms with Crippen molar-refractivity contribution in [2.75, 3.05) is 32.5 Å². The van der Waals surface area contributed by atoms with Gasteiger partial charge in [-0.3, -0.25) is 9.78 Å². The highest BCUT2D eigenvalue weighted by Crippen LogP contribution is 2.42. The normalized spacial score (nSPS) is 16.8. The van der Waals surface area contributed by atoms with Gasteiger partial charge in [-0.15, -0.1) is 11.8 Å². The number of hydrogen-bond donors (Lipinski definition) is 1. The van der Waals surface area contributed by atoms with E-state index in [1.54, 1.807) is 24.3 Å². The van der Waals surface area contributed by atoms with Gasteiger partial charge in [0.05, 0.1) is 28.6 Å². The number of thioether (sulfide) groups is 1. The molecular weight excluding hydrogens is 556 g/mol. The van der Waals surface area contributed by atoms with Crippen LogP contribution in [-0.4, -0.2) is 53.5 Å². The van der Waals surface area contributed by atoms with Gasteiger partial charge < -0.3 is 14.7 Å². The van der Waals surface area contributed by atoms with Crippen molar-refractivity contribution in [1.82, 2.24) is 9.88 Å². The third-order valence-corrected chi connectivity index (χ3v) is 8.74. The Morgan fingerprint density at radius 2 is 1.95 bits per heavy atom. The number of piperidine rings is 1. The van der Waals surface area contributed by atoms with E-state index >= 15 is 4.39 Å². The van der Waals surface area contributed by atoms with Gasteiger partial charge in [-0.05, 0) is 69.1 Å². The zero-order valence-corrected chi connectivity index (χ0v) is 22.9. The molecule has 0 radical (unpaired) electrons. The molecule has 3 aromatic rings. The molecular formula is C28H29ClF4N2O3S. The Balaban J connectivity index is 1.37. The van der Waals surface area contributed by atoms with Gasteiger partial charge in [-0.2, -0.15) is 13.2 Å². The smallest absolute Gasteiger partial charge is 0.417 e. The van der Waals surface area contributed by atoms with Gasteiger partial charge in [0, 0.05) is 34.3 Å². The molecule has 1 aliphatic heterocycles. The van der Waals surface area contributed by atoms with E-state index in [-0.39, 0.29) is 28.3 Å². The maximum atomic E-state index is 15.6. The molecule has 1 aromatic heterocycles. The molecule has 39 heavy (non-hydrogen) atoms. The van der Waals surface area contributed by atoms with Gasteiger partial charge in [0.1, 0.15) is 11.9 Å². The monoisotopic (exact) mass is 584 g/mol. The Bertz CT molecular complexity index is 1320. The lowest BCUT2D eigenvalue weighted by Gasteiger charge is -2.39. The SMILES string of the molecule is COc1ccc2ncc(Cl)c(C(F)CCC3(C(=O)O)CCN(CCSc4ccccc4C(F)(F)F)CC3)c2c1. The summed E-state index contributed by atoms with van der Waals surface area (Å²) < 4.78 is 60.6. The van der Waals surface area contributed by atoms with Crippen molar-refractivity contribution >= 4 is 40.2 Å². The molecule has 4 rings (SSSR count). The van der Waals surface area contributed by atoms with E-state index in [9.17, 15) is 23.1 Å². The van der Waals surface area contributed by atoms with Crippen molar-refractivity contribution in [2.24, 2.45) is 5.41 Å². The Labute approximate surface area is 233 Å². The Morgan fingerprint density at radius 1 is 1.23 bits per heavy atom. The number of aliphatic carboxylic acids is 1. The molecule has 2 aromatic carbocycles. The molecule has 0 bridgehead atoms. The second kappa shape index (κ2) is 12.3. The number of pyridine rings is 1. The highest BCUT2D eigenvalue weighted by molar-refractivity contribution is 7.99. The van der Waals surface area contributed by atoms with Gasteiger partial charge in [0.15, 0.2) is 0 Å². The van der Waals surface area contributed by atoms with Crippen molar-refractivity contribution in [1.29, 1.82) is 0 Å². The summed E-state index contributed by atoms with van der Waals surface area (Å²) in [4.78, 5) is 18.8. The van der Waals surface area contributed by atoms with E-state index in [1.165, 1.54) is 25.4 Å². The van der Waals surface area contributed by atoms with Crippen LogP contribution >= 0.6 is 23.4 Å². The van der Waals surface area contributed by atoms with E-state index < -0.39 is 29.3 Å². The maximum absolute atomic E-state index is 15.6. The Kier molecular flexibility index (Phi) is 9.29. The summed E-state index contributed by atoms with van der Waals surface area (Å²) in [7, 11) is 1.51. The van der Waals surface area contributed by atoms with Crippen LogP contribution in [-0.2, 0) is 11.0 Å². The van der Waals surface area contributed by atoms with Gasteiger partial charge in [0.25, 0.3) is 0 Å². The van der Waals surface area contributed by atoms with Gasteiger partial charge in [-0.1, -0.05) is 23.7 Å². The number of carboxylic acids is 1. The lowest BCUT2D eigenvalue weighted by atomic mass is 9.74. The number of halogens is 5. The number of ether oxygens (including phenoxy) is 1. The van der Waals surface area contributed by atoms with Crippen LogP contribution in [0.5, 0.6) is 5.75 Å². The van der Waals surface area contributed by atoms with Gasteiger partial charge in [-0.25, -0.2) is 4.39 Å². The number of fused-ring (bicyclic) bond motifs is 1. The van der Waals surface area contributed by atoms with E-state index in [4.69, 9.17) is 16.3 Å². The average Bonchev–Trinajstić information content (AvgIpc) is 2.91. The second-order valence-electron chi connectivity index (χ2n) is 9.68. The molecule has 0 spiro atoms. The van der Waals surface area contributed by atoms with Crippen LogP contribution in [0.15, 0.2) is 53.6 Å². The average molecular weight is 585 g/mol. The minimum atomic E-state index is -4.41. The molecule has 11 heteroatoms. The topological polar surface area (TPSA) is 62.7 Å². The molecule has 5 nitrogen and oxygen atoms in total. The number of carbonyl (C=O) groups is 1. The van der Waals surface area contributed by atoms with Crippen molar-refractivity contribution in [3.63, 3.8) is 0 Å². The minimum absolute atomic E-state index is 0.0214. The van der Waals surface area contributed by atoms with Crippen LogP contribution in [0, 0.1) is 5.41 Å². The fourth-order valence-corrected chi connectivity index (χ4v) is 6.40. The predicted octanol–water partition coefficient (Wildman–Crippen LogP) is 7.67. The lowest BCUT2D eigenvalue weighted by molar-refractivity contribution is -0.153. The summed E-state index contributed by atoms with van der Waals surface area (Å²) in [5.41, 5.74) is -0.895. The third-order valence-electron chi connectivity index (χ3n) is 7.38. The number of rotatable bonds is 10. The molecule has 0 amide bonds. The number of benzene rings is 2. The molecule has 0 saturated carbocycles. The van der Waals surface area contributed by atoms with E-state index in [2.05, 4.69) is 9.88 Å². The van der Waals surface area contributed by atoms with Gasteiger partial charge >= 0.3 is 12.1 Å². The van der Waals surface area contributed by atoms with Crippen molar-refractivity contribution in [3.8, 4) is 5.75 Å². The number of likely N-dealkylation sites (tertiary alicyclic amines) is 1. The highest BCUT2D eigenvalue weighted by Gasteiger charge is 2.42. The summed E-state index contributed by atoms with van der Waals surface area (Å²) in [6.45, 7) is 1.47. The first-order valence-corrected chi connectivity index (χ1v) is 13.9. The van der Waals surface area contributed by atoms with E-state index in [0.29, 0.717) is 54.9 Å².